The van der Waals surface area contributed by atoms with Crippen LogP contribution in [0.25, 0.3) is 0 Å². The Balaban J connectivity index is 1.65. The highest BCUT2D eigenvalue weighted by Crippen LogP contribution is 2.21. The molecule has 0 spiro atoms. The van der Waals surface area contributed by atoms with Crippen LogP contribution in [0.1, 0.15) is 20.8 Å². The summed E-state index contributed by atoms with van der Waals surface area (Å²) in [5, 5.41) is 2.19. The van der Waals surface area contributed by atoms with Crippen LogP contribution < -0.4 is 20.5 Å². The number of anilines is 1. The third-order valence-electron chi connectivity index (χ3n) is 4.06. The Morgan fingerprint density at radius 3 is 2.59 bits per heavy atom. The molecule has 1 saturated heterocycles. The number of morpholine rings is 1. The summed E-state index contributed by atoms with van der Waals surface area (Å²) in [4.78, 5) is 30.3. The van der Waals surface area contributed by atoms with Gasteiger partial charge in [0.05, 0.1) is 23.7 Å². The summed E-state index contributed by atoms with van der Waals surface area (Å²) >= 11 is 1.28. The summed E-state index contributed by atoms with van der Waals surface area (Å²) < 4.78 is 44.9. The largest absolute Gasteiger partial charge is 0.378 e. The predicted octanol–water partition coefficient (Wildman–Crippen LogP) is 0.102. The second kappa shape index (κ2) is 8.82. The second-order valence-corrected chi connectivity index (χ2v) is 8.60. The van der Waals surface area contributed by atoms with Gasteiger partial charge in [-0.05, 0) is 25.2 Å². The third-order valence-corrected chi connectivity index (χ3v) is 6.37. The SMILES string of the molecule is CNS(=O)(=O)c1ccc(F)c(C(=O)NNC(=O)c2csc(N3CCOCC3)n2)c1. The lowest BCUT2D eigenvalue weighted by molar-refractivity contribution is 0.0842. The average molecular weight is 443 g/mol. The van der Waals surface area contributed by atoms with Gasteiger partial charge in [-0.25, -0.2) is 22.5 Å². The number of halogens is 1. The molecule has 1 aliphatic rings. The topological polar surface area (TPSA) is 130 Å². The fraction of sp³-hybridized carbons (Fsp3) is 0.312. The molecule has 0 unspecified atom stereocenters. The number of rotatable bonds is 5. The molecule has 0 radical (unpaired) electrons. The molecule has 3 rings (SSSR count). The van der Waals surface area contributed by atoms with Crippen molar-refractivity contribution in [3.63, 3.8) is 0 Å². The molecule has 10 nitrogen and oxygen atoms in total. The van der Waals surface area contributed by atoms with Gasteiger partial charge in [0.2, 0.25) is 10.0 Å². The maximum absolute atomic E-state index is 14.0. The molecule has 3 N–H and O–H groups in total. The molecule has 1 aromatic carbocycles. The van der Waals surface area contributed by atoms with Gasteiger partial charge in [-0.3, -0.25) is 20.4 Å². The highest BCUT2D eigenvalue weighted by Gasteiger charge is 2.20. The number of ether oxygens (including phenoxy) is 1. The van der Waals surface area contributed by atoms with Crippen molar-refractivity contribution in [3.05, 3.63) is 40.7 Å². The van der Waals surface area contributed by atoms with Crippen molar-refractivity contribution in [2.45, 2.75) is 4.90 Å². The van der Waals surface area contributed by atoms with Crippen LogP contribution in [0.2, 0.25) is 0 Å². The van der Waals surface area contributed by atoms with Crippen molar-refractivity contribution in [2.75, 3.05) is 38.3 Å². The minimum atomic E-state index is -3.86. The molecule has 1 aliphatic heterocycles. The van der Waals surface area contributed by atoms with Crippen molar-refractivity contribution in [3.8, 4) is 0 Å². The van der Waals surface area contributed by atoms with Crippen LogP contribution in [-0.4, -0.2) is 58.6 Å². The standard InChI is InChI=1S/C16H18FN5O5S2/c1-18-29(25,26)10-2-3-12(17)11(8-10)14(23)20-21-15(24)13-9-28-16(19-13)22-4-6-27-7-5-22/h2-3,8-9,18H,4-7H2,1H3,(H,20,23)(H,21,24). The number of nitrogens with zero attached hydrogens (tertiary/aromatic N) is 2. The van der Waals surface area contributed by atoms with Gasteiger partial charge in [-0.1, -0.05) is 0 Å². The first-order valence-electron chi connectivity index (χ1n) is 8.44. The van der Waals surface area contributed by atoms with Crippen LogP contribution in [-0.2, 0) is 14.8 Å². The van der Waals surface area contributed by atoms with Gasteiger partial charge in [-0.15, -0.1) is 11.3 Å². The molecule has 0 atom stereocenters. The molecule has 1 aromatic heterocycles. The van der Waals surface area contributed by atoms with Crippen LogP contribution in [0, 0.1) is 5.82 Å². The first kappa shape index (κ1) is 21.1. The van der Waals surface area contributed by atoms with E-state index in [1.807, 2.05) is 4.90 Å². The number of hydrazine groups is 1. The van der Waals surface area contributed by atoms with Gasteiger partial charge in [0, 0.05) is 18.5 Å². The Labute approximate surface area is 170 Å². The fourth-order valence-corrected chi connectivity index (χ4v) is 4.09. The summed E-state index contributed by atoms with van der Waals surface area (Å²) in [7, 11) is -2.67. The van der Waals surface area contributed by atoms with Gasteiger partial charge >= 0.3 is 0 Å². The third kappa shape index (κ3) is 4.87. The first-order chi connectivity index (χ1) is 13.8. The summed E-state index contributed by atoms with van der Waals surface area (Å²) in [6, 6.07) is 2.76. The first-order valence-corrected chi connectivity index (χ1v) is 10.8. The number of thiazole rings is 1. The lowest BCUT2D eigenvalue weighted by atomic mass is 10.2. The maximum Gasteiger partial charge on any atom is 0.289 e. The van der Waals surface area contributed by atoms with E-state index >= 15 is 0 Å². The predicted molar refractivity (Wildman–Crippen MR) is 103 cm³/mol. The van der Waals surface area contributed by atoms with E-state index in [0.717, 1.165) is 18.2 Å². The zero-order valence-electron chi connectivity index (χ0n) is 15.3. The Bertz CT molecular complexity index is 1020. The van der Waals surface area contributed by atoms with Gasteiger partial charge in [0.15, 0.2) is 5.13 Å². The van der Waals surface area contributed by atoms with Crippen molar-refractivity contribution < 1.29 is 27.1 Å². The summed E-state index contributed by atoms with van der Waals surface area (Å²) in [5.74, 6) is -2.63. The van der Waals surface area contributed by atoms with Crippen molar-refractivity contribution in [2.24, 2.45) is 0 Å². The van der Waals surface area contributed by atoms with Crippen LogP contribution >= 0.6 is 11.3 Å². The zero-order valence-corrected chi connectivity index (χ0v) is 16.9. The monoisotopic (exact) mass is 443 g/mol. The average Bonchev–Trinajstić information content (AvgIpc) is 3.23. The molecule has 1 fully saturated rings. The van der Waals surface area contributed by atoms with Crippen molar-refractivity contribution in [1.29, 1.82) is 0 Å². The molecule has 2 heterocycles. The normalized spacial score (nSPS) is 14.5. The van der Waals surface area contributed by atoms with Crippen LogP contribution in [0.4, 0.5) is 9.52 Å². The fourth-order valence-electron chi connectivity index (χ4n) is 2.48. The summed E-state index contributed by atoms with van der Waals surface area (Å²) in [6.45, 7) is 2.48. The second-order valence-electron chi connectivity index (χ2n) is 5.87. The van der Waals surface area contributed by atoms with E-state index in [-0.39, 0.29) is 10.6 Å². The van der Waals surface area contributed by atoms with Gasteiger partial charge in [0.1, 0.15) is 11.5 Å². The Hall–Kier alpha value is -2.61. The van der Waals surface area contributed by atoms with E-state index in [0.29, 0.717) is 31.4 Å². The number of benzene rings is 1. The van der Waals surface area contributed by atoms with Gasteiger partial charge in [-0.2, -0.15) is 0 Å². The molecule has 2 amide bonds. The maximum atomic E-state index is 14.0. The number of sulfonamides is 1. The molecule has 29 heavy (non-hydrogen) atoms. The Kier molecular flexibility index (Phi) is 6.42. The molecule has 13 heteroatoms. The zero-order chi connectivity index (χ0) is 21.0. The van der Waals surface area contributed by atoms with E-state index in [2.05, 4.69) is 20.6 Å². The minimum Gasteiger partial charge on any atom is -0.378 e. The quantitative estimate of drug-likeness (QED) is 0.559. The highest BCUT2D eigenvalue weighted by atomic mass is 32.2. The molecule has 0 aliphatic carbocycles. The number of carbonyl (C=O) groups is 2. The Morgan fingerprint density at radius 2 is 1.90 bits per heavy atom. The van der Waals surface area contributed by atoms with E-state index < -0.39 is 33.2 Å². The number of aromatic nitrogens is 1. The molecule has 0 bridgehead atoms. The van der Waals surface area contributed by atoms with Crippen molar-refractivity contribution >= 4 is 38.3 Å². The van der Waals surface area contributed by atoms with E-state index in [1.54, 1.807) is 0 Å². The highest BCUT2D eigenvalue weighted by molar-refractivity contribution is 7.89. The number of carbonyl (C=O) groups excluding carboxylic acids is 2. The molecular formula is C16H18FN5O5S2. The molecule has 0 saturated carbocycles. The van der Waals surface area contributed by atoms with Gasteiger partial charge < -0.3 is 9.64 Å². The number of nitrogens with one attached hydrogen (secondary N) is 3. The number of hydrogen-bond donors (Lipinski definition) is 3. The van der Waals surface area contributed by atoms with E-state index in [4.69, 9.17) is 4.74 Å². The smallest absolute Gasteiger partial charge is 0.289 e. The van der Waals surface area contributed by atoms with E-state index in [1.165, 1.54) is 23.8 Å². The molecular weight excluding hydrogens is 425 g/mol. The molecule has 2 aromatic rings. The summed E-state index contributed by atoms with van der Waals surface area (Å²) in [5.41, 5.74) is 3.76. The number of hydrogen-bond acceptors (Lipinski definition) is 8. The lowest BCUT2D eigenvalue weighted by Crippen LogP contribution is -2.42. The minimum absolute atomic E-state index is 0.0868. The van der Waals surface area contributed by atoms with Gasteiger partial charge in [0.25, 0.3) is 11.8 Å². The van der Waals surface area contributed by atoms with Crippen LogP contribution in [0.5, 0.6) is 0 Å². The van der Waals surface area contributed by atoms with Crippen LogP contribution in [0.3, 0.4) is 0 Å². The molecule has 156 valence electrons. The Morgan fingerprint density at radius 1 is 1.21 bits per heavy atom. The lowest BCUT2D eigenvalue weighted by Gasteiger charge is -2.25. The van der Waals surface area contributed by atoms with Crippen molar-refractivity contribution in [1.82, 2.24) is 20.6 Å². The van der Waals surface area contributed by atoms with Crippen LogP contribution in [0.15, 0.2) is 28.5 Å². The number of amides is 2. The summed E-state index contributed by atoms with van der Waals surface area (Å²) in [6.07, 6.45) is 0. The van der Waals surface area contributed by atoms with E-state index in [9.17, 15) is 22.4 Å².